The highest BCUT2D eigenvalue weighted by Crippen LogP contribution is 2.23. The second-order valence-electron chi connectivity index (χ2n) is 5.75. The molecular weight excluding hydrogens is 244 g/mol. The number of rotatable bonds is 1. The predicted molar refractivity (Wildman–Crippen MR) is 71.3 cm³/mol. The van der Waals surface area contributed by atoms with E-state index in [1.807, 2.05) is 29.5 Å². The minimum Gasteiger partial charge on any atom is -0.377 e. The first-order valence-corrected chi connectivity index (χ1v) is 6.79. The number of morpholine rings is 1. The van der Waals surface area contributed by atoms with Gasteiger partial charge in [0.05, 0.1) is 18.8 Å². The molecule has 2 aliphatic heterocycles. The van der Waals surface area contributed by atoms with E-state index in [1.54, 1.807) is 0 Å². The number of nitrogens with one attached hydrogen (secondary N) is 1. The van der Waals surface area contributed by atoms with E-state index < -0.39 is 0 Å². The molecule has 3 rings (SSSR count). The van der Waals surface area contributed by atoms with E-state index in [-0.39, 0.29) is 11.4 Å². The number of aromatic nitrogens is 2. The molecule has 0 saturated carbocycles. The van der Waals surface area contributed by atoms with Crippen LogP contribution in [0.3, 0.4) is 0 Å². The Hall–Kier alpha value is -1.56. The van der Waals surface area contributed by atoms with Gasteiger partial charge in [-0.3, -0.25) is 4.79 Å². The van der Waals surface area contributed by atoms with E-state index in [1.165, 1.54) is 0 Å². The second-order valence-corrected chi connectivity index (χ2v) is 5.75. The molecule has 104 valence electrons. The molecule has 0 unspecified atom stereocenters. The fourth-order valence-electron chi connectivity index (χ4n) is 2.65. The maximum Gasteiger partial charge on any atom is 0.274 e. The summed E-state index contributed by atoms with van der Waals surface area (Å²) in [6.45, 7) is 7.70. The Morgan fingerprint density at radius 2 is 2.32 bits per heavy atom. The van der Waals surface area contributed by atoms with Crippen LogP contribution in [0.1, 0.15) is 30.8 Å². The number of carbonyl (C=O) groups is 1. The number of imidazole rings is 1. The van der Waals surface area contributed by atoms with Crippen molar-refractivity contribution in [3.8, 4) is 0 Å². The minimum absolute atomic E-state index is 0.00278. The molecule has 1 amide bonds. The van der Waals surface area contributed by atoms with Crippen LogP contribution < -0.4 is 5.32 Å². The Kier molecular flexibility index (Phi) is 2.97. The third kappa shape index (κ3) is 2.20. The van der Waals surface area contributed by atoms with Gasteiger partial charge in [-0.25, -0.2) is 4.98 Å². The number of hydrogen-bond donors (Lipinski definition) is 1. The number of aryl methyl sites for hydroxylation is 1. The lowest BCUT2D eigenvalue weighted by molar-refractivity contribution is -0.0373. The van der Waals surface area contributed by atoms with Crippen LogP contribution in [0.25, 0.3) is 0 Å². The molecule has 0 bridgehead atoms. The average molecular weight is 264 g/mol. The fraction of sp³-hybridized carbons (Fsp3) is 0.692. The van der Waals surface area contributed by atoms with Crippen LogP contribution >= 0.6 is 0 Å². The first-order valence-electron chi connectivity index (χ1n) is 6.79. The smallest absolute Gasteiger partial charge is 0.274 e. The molecule has 3 heterocycles. The first kappa shape index (κ1) is 12.5. The maximum atomic E-state index is 12.6. The van der Waals surface area contributed by atoms with Crippen LogP contribution in [0.5, 0.6) is 0 Å². The quantitative estimate of drug-likeness (QED) is 0.820. The normalized spacial score (nSPS) is 21.7. The molecule has 1 aromatic rings. The third-order valence-corrected chi connectivity index (χ3v) is 3.74. The molecule has 6 nitrogen and oxygen atoms in total. The number of fused-ring (bicyclic) bond motifs is 1. The summed E-state index contributed by atoms with van der Waals surface area (Å²) >= 11 is 0. The molecule has 0 aromatic carbocycles. The number of amides is 1. The van der Waals surface area contributed by atoms with Crippen molar-refractivity contribution in [1.29, 1.82) is 0 Å². The lowest BCUT2D eigenvalue weighted by Gasteiger charge is -2.41. The summed E-state index contributed by atoms with van der Waals surface area (Å²) in [5.74, 6) is 0.803. The van der Waals surface area contributed by atoms with Gasteiger partial charge in [-0.2, -0.15) is 0 Å². The van der Waals surface area contributed by atoms with Crippen LogP contribution in [-0.4, -0.2) is 52.2 Å². The Morgan fingerprint density at radius 1 is 1.47 bits per heavy atom. The molecule has 6 heteroatoms. The maximum absolute atomic E-state index is 12.6. The second kappa shape index (κ2) is 4.52. The molecule has 19 heavy (non-hydrogen) atoms. The van der Waals surface area contributed by atoms with Gasteiger partial charge >= 0.3 is 0 Å². The molecule has 0 aliphatic carbocycles. The van der Waals surface area contributed by atoms with Crippen LogP contribution in [0.15, 0.2) is 6.20 Å². The molecule has 1 fully saturated rings. The van der Waals surface area contributed by atoms with Gasteiger partial charge in [0.25, 0.3) is 5.91 Å². The van der Waals surface area contributed by atoms with Crippen LogP contribution in [0, 0.1) is 0 Å². The summed E-state index contributed by atoms with van der Waals surface area (Å²) in [5.41, 5.74) is 0.256. The van der Waals surface area contributed by atoms with E-state index in [4.69, 9.17) is 4.74 Å². The zero-order valence-corrected chi connectivity index (χ0v) is 11.5. The van der Waals surface area contributed by atoms with Crippen LogP contribution in [0.4, 0.5) is 5.95 Å². The van der Waals surface area contributed by atoms with Gasteiger partial charge in [-0.1, -0.05) is 0 Å². The van der Waals surface area contributed by atoms with Gasteiger partial charge in [0.1, 0.15) is 5.69 Å². The molecule has 1 aromatic heterocycles. The van der Waals surface area contributed by atoms with Gasteiger partial charge in [0, 0.05) is 25.8 Å². The summed E-state index contributed by atoms with van der Waals surface area (Å²) in [6.07, 6.45) is 2.93. The fourth-order valence-corrected chi connectivity index (χ4v) is 2.65. The number of ether oxygens (including phenoxy) is 1. The standard InChI is InChI=1S/C13H20N4O2/c1-13(2)9-19-7-6-17(13)11(18)10-8-16-5-3-4-14-12(16)15-10/h8H,3-7,9H2,1-2H3,(H,14,15). The molecule has 1 N–H and O–H groups in total. The van der Waals surface area contributed by atoms with Crippen molar-refractivity contribution in [2.75, 3.05) is 31.6 Å². The first-order chi connectivity index (χ1) is 9.08. The number of anilines is 1. The SMILES string of the molecule is CC1(C)COCCN1C(=O)c1cn2c(n1)NCCC2. The number of carbonyl (C=O) groups excluding carboxylic acids is 1. The van der Waals surface area contributed by atoms with E-state index in [9.17, 15) is 4.79 Å². The minimum atomic E-state index is -0.271. The van der Waals surface area contributed by atoms with Crippen LogP contribution in [0.2, 0.25) is 0 Å². The van der Waals surface area contributed by atoms with E-state index in [0.29, 0.717) is 25.5 Å². The van der Waals surface area contributed by atoms with Crippen molar-refractivity contribution in [3.05, 3.63) is 11.9 Å². The van der Waals surface area contributed by atoms with Crippen molar-refractivity contribution >= 4 is 11.9 Å². The highest BCUT2D eigenvalue weighted by atomic mass is 16.5. The Labute approximate surface area is 112 Å². The Morgan fingerprint density at radius 3 is 3.05 bits per heavy atom. The van der Waals surface area contributed by atoms with E-state index >= 15 is 0 Å². The highest BCUT2D eigenvalue weighted by molar-refractivity contribution is 5.93. The zero-order chi connectivity index (χ0) is 13.5. The average Bonchev–Trinajstić information content (AvgIpc) is 2.81. The van der Waals surface area contributed by atoms with Gasteiger partial charge in [0.2, 0.25) is 5.95 Å². The largest absolute Gasteiger partial charge is 0.377 e. The Balaban J connectivity index is 1.85. The van der Waals surface area contributed by atoms with Gasteiger partial charge < -0.3 is 19.5 Å². The summed E-state index contributed by atoms with van der Waals surface area (Å²) in [6, 6.07) is 0. The summed E-state index contributed by atoms with van der Waals surface area (Å²) < 4.78 is 7.47. The van der Waals surface area contributed by atoms with Crippen molar-refractivity contribution in [1.82, 2.24) is 14.5 Å². The highest BCUT2D eigenvalue weighted by Gasteiger charge is 2.35. The summed E-state index contributed by atoms with van der Waals surface area (Å²) in [5, 5.41) is 3.22. The van der Waals surface area contributed by atoms with Gasteiger partial charge in [-0.15, -0.1) is 0 Å². The van der Waals surface area contributed by atoms with Crippen molar-refractivity contribution in [2.24, 2.45) is 0 Å². The number of nitrogens with zero attached hydrogens (tertiary/aromatic N) is 3. The summed E-state index contributed by atoms with van der Waals surface area (Å²) in [7, 11) is 0. The summed E-state index contributed by atoms with van der Waals surface area (Å²) in [4.78, 5) is 18.9. The number of hydrogen-bond acceptors (Lipinski definition) is 4. The van der Waals surface area contributed by atoms with Crippen molar-refractivity contribution in [3.63, 3.8) is 0 Å². The van der Waals surface area contributed by atoms with Crippen molar-refractivity contribution < 1.29 is 9.53 Å². The van der Waals surface area contributed by atoms with Gasteiger partial charge in [0.15, 0.2) is 0 Å². The van der Waals surface area contributed by atoms with E-state index in [0.717, 1.165) is 25.5 Å². The van der Waals surface area contributed by atoms with Crippen LogP contribution in [-0.2, 0) is 11.3 Å². The molecule has 0 spiro atoms. The molecule has 0 radical (unpaired) electrons. The lowest BCUT2D eigenvalue weighted by atomic mass is 10.0. The molecular formula is C13H20N4O2. The topological polar surface area (TPSA) is 59.4 Å². The molecule has 0 atom stereocenters. The Bertz CT molecular complexity index is 471. The van der Waals surface area contributed by atoms with Gasteiger partial charge in [-0.05, 0) is 20.3 Å². The molecule has 2 aliphatic rings. The predicted octanol–water partition coefficient (Wildman–Crippen LogP) is 0.950. The van der Waals surface area contributed by atoms with Crippen molar-refractivity contribution in [2.45, 2.75) is 32.4 Å². The lowest BCUT2D eigenvalue weighted by Crippen LogP contribution is -2.55. The zero-order valence-electron chi connectivity index (χ0n) is 11.5. The monoisotopic (exact) mass is 264 g/mol. The molecule has 1 saturated heterocycles. The third-order valence-electron chi connectivity index (χ3n) is 3.74. The van der Waals surface area contributed by atoms with E-state index in [2.05, 4.69) is 10.3 Å².